The molecule has 8 nitrogen and oxygen atoms in total. The average molecular weight is 303 g/mol. The summed E-state index contributed by atoms with van der Waals surface area (Å²) in [6.45, 7) is 4.23. The summed E-state index contributed by atoms with van der Waals surface area (Å²) in [4.78, 5) is 12.5. The van der Waals surface area contributed by atoms with Gasteiger partial charge in [-0.25, -0.2) is 4.79 Å². The third-order valence-corrected chi connectivity index (χ3v) is 3.48. The number of hydrogen-bond donors (Lipinski definition) is 1. The molecule has 0 spiro atoms. The van der Waals surface area contributed by atoms with Crippen LogP contribution in [0.25, 0.3) is 0 Å². The molecule has 0 fully saturated rings. The second kappa shape index (κ2) is 6.00. The Balaban J connectivity index is 1.96. The summed E-state index contributed by atoms with van der Waals surface area (Å²) >= 11 is 0. The fourth-order valence-corrected chi connectivity index (χ4v) is 2.37. The molecule has 2 aromatic rings. The zero-order valence-corrected chi connectivity index (χ0v) is 12.4. The smallest absolute Gasteiger partial charge is 0.338 e. The molecule has 1 atom stereocenters. The molecule has 0 aromatic carbocycles. The third kappa shape index (κ3) is 2.47. The summed E-state index contributed by atoms with van der Waals surface area (Å²) in [6.07, 6.45) is 3.34. The van der Waals surface area contributed by atoms with E-state index < -0.39 is 6.04 Å². The van der Waals surface area contributed by atoms with Gasteiger partial charge in [0, 0.05) is 5.70 Å². The van der Waals surface area contributed by atoms with E-state index in [0.29, 0.717) is 29.6 Å². The van der Waals surface area contributed by atoms with Crippen molar-refractivity contribution in [2.45, 2.75) is 32.7 Å². The molecule has 0 bridgehead atoms. The minimum atomic E-state index is -0.532. The first-order valence-electron chi connectivity index (χ1n) is 7.18. The van der Waals surface area contributed by atoms with Gasteiger partial charge in [-0.05, 0) is 35.9 Å². The lowest BCUT2D eigenvalue weighted by molar-refractivity contribution is -0.139. The van der Waals surface area contributed by atoms with Crippen molar-refractivity contribution in [2.75, 3.05) is 11.9 Å². The van der Waals surface area contributed by atoms with Crippen LogP contribution in [-0.2, 0) is 9.53 Å². The largest absolute Gasteiger partial charge is 0.467 e. The monoisotopic (exact) mass is 303 g/mol. The van der Waals surface area contributed by atoms with Crippen molar-refractivity contribution >= 4 is 11.9 Å². The number of furan rings is 1. The van der Waals surface area contributed by atoms with Crippen LogP contribution in [0, 0.1) is 0 Å². The summed E-state index contributed by atoms with van der Waals surface area (Å²) < 4.78 is 12.3. The molecule has 0 saturated heterocycles. The lowest BCUT2D eigenvalue weighted by Gasteiger charge is -2.25. The van der Waals surface area contributed by atoms with E-state index in [0.717, 1.165) is 12.8 Å². The van der Waals surface area contributed by atoms with Gasteiger partial charge in [-0.15, -0.1) is 0 Å². The van der Waals surface area contributed by atoms with Gasteiger partial charge >= 0.3 is 5.97 Å². The van der Waals surface area contributed by atoms with Crippen LogP contribution in [0.3, 0.4) is 0 Å². The maximum absolute atomic E-state index is 12.5. The highest BCUT2D eigenvalue weighted by molar-refractivity contribution is 5.92. The van der Waals surface area contributed by atoms with Crippen LogP contribution in [0.1, 0.15) is 38.5 Å². The van der Waals surface area contributed by atoms with Gasteiger partial charge in [-0.1, -0.05) is 18.4 Å². The maximum atomic E-state index is 12.5. The molecule has 3 heterocycles. The van der Waals surface area contributed by atoms with Crippen LogP contribution in [0.2, 0.25) is 0 Å². The number of anilines is 1. The standard InChI is InChI=1S/C14H17N5O3/c1-3-4-7-22-13(20)11-9(2)15-14-16-17-18-19(14)12(11)10-6-5-8-21-10/h5-6,8,12H,3-4,7H2,1-2H3,(H,15,16,18)/t12-/m0/s1. The number of allylic oxidation sites excluding steroid dienone is 1. The first-order valence-corrected chi connectivity index (χ1v) is 7.18. The predicted molar refractivity (Wildman–Crippen MR) is 76.9 cm³/mol. The average Bonchev–Trinajstić information content (AvgIpc) is 3.16. The summed E-state index contributed by atoms with van der Waals surface area (Å²) in [7, 11) is 0. The minimum absolute atomic E-state index is 0.388. The zero-order valence-electron chi connectivity index (χ0n) is 12.4. The number of carbonyl (C=O) groups excluding carboxylic acids is 1. The SMILES string of the molecule is CCCCOC(=O)C1=C(C)Nc2nnnn2[C@H]1c1ccco1. The van der Waals surface area contributed by atoms with Gasteiger partial charge in [0.1, 0.15) is 11.8 Å². The van der Waals surface area contributed by atoms with E-state index in [-0.39, 0.29) is 5.97 Å². The van der Waals surface area contributed by atoms with Crippen molar-refractivity contribution in [3.63, 3.8) is 0 Å². The number of nitrogens with zero attached hydrogens (tertiary/aromatic N) is 4. The molecule has 8 heteroatoms. The Morgan fingerprint density at radius 3 is 3.14 bits per heavy atom. The molecule has 0 saturated carbocycles. The molecule has 1 aliphatic rings. The second-order valence-electron chi connectivity index (χ2n) is 5.02. The number of esters is 1. The number of rotatable bonds is 5. The fourth-order valence-electron chi connectivity index (χ4n) is 2.37. The quantitative estimate of drug-likeness (QED) is 0.665. The molecule has 1 N–H and O–H groups in total. The lowest BCUT2D eigenvalue weighted by Crippen LogP contribution is -2.29. The van der Waals surface area contributed by atoms with Gasteiger partial charge in [-0.3, -0.25) is 0 Å². The molecule has 0 radical (unpaired) electrons. The first-order chi connectivity index (χ1) is 10.7. The highest BCUT2D eigenvalue weighted by Gasteiger charge is 2.36. The Hall–Kier alpha value is -2.64. The minimum Gasteiger partial charge on any atom is -0.467 e. The second-order valence-corrected chi connectivity index (χ2v) is 5.02. The highest BCUT2D eigenvalue weighted by Crippen LogP contribution is 2.34. The molecule has 2 aromatic heterocycles. The molecule has 0 amide bonds. The van der Waals surface area contributed by atoms with Gasteiger partial charge in [0.25, 0.3) is 0 Å². The molecule has 116 valence electrons. The summed E-state index contributed by atoms with van der Waals surface area (Å²) in [6, 6.07) is 3.01. The summed E-state index contributed by atoms with van der Waals surface area (Å²) in [5, 5.41) is 14.5. The fraction of sp³-hybridized carbons (Fsp3) is 0.429. The molecule has 22 heavy (non-hydrogen) atoms. The Labute approximate surface area is 127 Å². The van der Waals surface area contributed by atoms with E-state index in [1.165, 1.54) is 4.68 Å². The van der Waals surface area contributed by atoms with Crippen LogP contribution in [0.15, 0.2) is 34.1 Å². The molecular weight excluding hydrogens is 286 g/mol. The summed E-state index contributed by atoms with van der Waals surface area (Å²) in [5.74, 6) is 0.654. The van der Waals surface area contributed by atoms with Gasteiger partial charge in [0.15, 0.2) is 0 Å². The van der Waals surface area contributed by atoms with Crippen LogP contribution in [-0.4, -0.2) is 32.8 Å². The molecule has 3 rings (SSSR count). The number of ether oxygens (including phenoxy) is 1. The topological polar surface area (TPSA) is 95.1 Å². The van der Waals surface area contributed by atoms with E-state index in [1.807, 2.05) is 6.92 Å². The van der Waals surface area contributed by atoms with Gasteiger partial charge in [0.2, 0.25) is 5.95 Å². The van der Waals surface area contributed by atoms with Crippen molar-refractivity contribution in [3.8, 4) is 0 Å². The zero-order chi connectivity index (χ0) is 15.5. The van der Waals surface area contributed by atoms with Crippen LogP contribution in [0.4, 0.5) is 5.95 Å². The number of tetrazole rings is 1. The van der Waals surface area contributed by atoms with E-state index in [2.05, 4.69) is 20.8 Å². The number of carbonyl (C=O) groups is 1. The molecule has 0 aliphatic carbocycles. The van der Waals surface area contributed by atoms with Gasteiger partial charge < -0.3 is 14.5 Å². The van der Waals surface area contributed by atoms with Gasteiger partial charge in [-0.2, -0.15) is 4.68 Å². The lowest BCUT2D eigenvalue weighted by atomic mass is 10.0. The number of fused-ring (bicyclic) bond motifs is 1. The maximum Gasteiger partial charge on any atom is 0.338 e. The van der Waals surface area contributed by atoms with Crippen molar-refractivity contribution in [1.29, 1.82) is 0 Å². The number of unbranched alkanes of at least 4 members (excludes halogenated alkanes) is 1. The van der Waals surface area contributed by atoms with E-state index in [1.54, 1.807) is 25.3 Å². The number of hydrogen-bond acceptors (Lipinski definition) is 7. The van der Waals surface area contributed by atoms with E-state index >= 15 is 0 Å². The van der Waals surface area contributed by atoms with Gasteiger partial charge in [0.05, 0.1) is 18.4 Å². The van der Waals surface area contributed by atoms with Crippen molar-refractivity contribution in [2.24, 2.45) is 0 Å². The third-order valence-electron chi connectivity index (χ3n) is 3.48. The first kappa shape index (κ1) is 14.3. The predicted octanol–water partition coefficient (Wildman–Crippen LogP) is 1.90. The Bertz CT molecular complexity index is 689. The Kier molecular flexibility index (Phi) is 3.90. The van der Waals surface area contributed by atoms with Crippen molar-refractivity contribution < 1.29 is 13.9 Å². The molecule has 1 aliphatic heterocycles. The number of nitrogens with one attached hydrogen (secondary N) is 1. The highest BCUT2D eigenvalue weighted by atomic mass is 16.5. The normalized spacial score (nSPS) is 17.1. The summed E-state index contributed by atoms with van der Waals surface area (Å²) in [5.41, 5.74) is 1.11. The Morgan fingerprint density at radius 2 is 2.41 bits per heavy atom. The molecule has 0 unspecified atom stereocenters. The Morgan fingerprint density at radius 1 is 1.55 bits per heavy atom. The number of aromatic nitrogens is 4. The van der Waals surface area contributed by atoms with Crippen LogP contribution < -0.4 is 5.32 Å². The molecular formula is C14H17N5O3. The van der Waals surface area contributed by atoms with Crippen LogP contribution >= 0.6 is 0 Å². The van der Waals surface area contributed by atoms with Crippen molar-refractivity contribution in [3.05, 3.63) is 35.4 Å². The van der Waals surface area contributed by atoms with E-state index in [9.17, 15) is 4.79 Å². The van der Waals surface area contributed by atoms with Crippen LogP contribution in [0.5, 0.6) is 0 Å². The van der Waals surface area contributed by atoms with E-state index in [4.69, 9.17) is 9.15 Å². The van der Waals surface area contributed by atoms with Crippen molar-refractivity contribution in [1.82, 2.24) is 20.2 Å².